The molecule has 14 heavy (non-hydrogen) atoms. The molecule has 0 atom stereocenters. The second-order valence-electron chi connectivity index (χ2n) is 3.54. The van der Waals surface area contributed by atoms with Gasteiger partial charge < -0.3 is 10.0 Å². The van der Waals surface area contributed by atoms with Gasteiger partial charge in [0.15, 0.2) is 0 Å². The standard InChI is InChI=1S/C10H13BrN2O/c11-9-2-1-3-10(12-9)13-6-4-8(14)5-7-13/h1-3,8,14H,4-7H2. The van der Waals surface area contributed by atoms with Crippen LogP contribution in [0.1, 0.15) is 12.8 Å². The lowest BCUT2D eigenvalue weighted by Crippen LogP contribution is -2.36. The number of anilines is 1. The first-order valence-electron chi connectivity index (χ1n) is 4.81. The van der Waals surface area contributed by atoms with Gasteiger partial charge in [-0.3, -0.25) is 0 Å². The van der Waals surface area contributed by atoms with Crippen LogP contribution in [0.3, 0.4) is 0 Å². The van der Waals surface area contributed by atoms with Crippen LogP contribution in [0, 0.1) is 0 Å². The van der Waals surface area contributed by atoms with E-state index in [1.807, 2.05) is 18.2 Å². The Bertz CT molecular complexity index is 311. The van der Waals surface area contributed by atoms with Crippen molar-refractivity contribution in [2.45, 2.75) is 18.9 Å². The third kappa shape index (κ3) is 2.25. The number of pyridine rings is 1. The van der Waals surface area contributed by atoms with Crippen LogP contribution in [0.15, 0.2) is 22.8 Å². The quantitative estimate of drug-likeness (QED) is 0.779. The molecular formula is C10H13BrN2O. The topological polar surface area (TPSA) is 36.4 Å². The van der Waals surface area contributed by atoms with Gasteiger partial charge in [0.25, 0.3) is 0 Å². The van der Waals surface area contributed by atoms with E-state index in [2.05, 4.69) is 25.8 Å². The zero-order chi connectivity index (χ0) is 9.97. The van der Waals surface area contributed by atoms with E-state index in [-0.39, 0.29) is 6.10 Å². The molecule has 1 aliphatic heterocycles. The molecule has 2 heterocycles. The minimum atomic E-state index is -0.126. The molecule has 1 aromatic heterocycles. The van der Waals surface area contributed by atoms with Crippen LogP contribution >= 0.6 is 15.9 Å². The summed E-state index contributed by atoms with van der Waals surface area (Å²) < 4.78 is 0.862. The lowest BCUT2D eigenvalue weighted by Gasteiger charge is -2.30. The van der Waals surface area contributed by atoms with Crippen molar-refractivity contribution in [3.63, 3.8) is 0 Å². The molecule has 0 spiro atoms. The second kappa shape index (κ2) is 4.28. The minimum Gasteiger partial charge on any atom is -0.393 e. The molecule has 0 saturated carbocycles. The highest BCUT2D eigenvalue weighted by Gasteiger charge is 2.17. The van der Waals surface area contributed by atoms with Crippen molar-refractivity contribution >= 4 is 21.7 Å². The molecule has 1 fully saturated rings. The van der Waals surface area contributed by atoms with Gasteiger partial charge in [-0.15, -0.1) is 0 Å². The summed E-state index contributed by atoms with van der Waals surface area (Å²) in [5.41, 5.74) is 0. The average molecular weight is 257 g/mol. The van der Waals surface area contributed by atoms with Gasteiger partial charge in [-0.2, -0.15) is 0 Å². The highest BCUT2D eigenvalue weighted by atomic mass is 79.9. The predicted molar refractivity (Wildman–Crippen MR) is 59.4 cm³/mol. The molecule has 0 aromatic carbocycles. The summed E-state index contributed by atoms with van der Waals surface area (Å²) in [5.74, 6) is 0.992. The molecule has 1 aromatic rings. The summed E-state index contributed by atoms with van der Waals surface area (Å²) >= 11 is 3.35. The predicted octanol–water partition coefficient (Wildman–Crippen LogP) is 1.81. The van der Waals surface area contributed by atoms with Gasteiger partial charge in [0.1, 0.15) is 10.4 Å². The van der Waals surface area contributed by atoms with Crippen molar-refractivity contribution in [1.29, 1.82) is 0 Å². The molecule has 0 amide bonds. The Morgan fingerprint density at radius 2 is 2.07 bits per heavy atom. The first kappa shape index (κ1) is 9.93. The lowest BCUT2D eigenvalue weighted by atomic mass is 10.1. The second-order valence-corrected chi connectivity index (χ2v) is 4.35. The Balaban J connectivity index is 2.08. The van der Waals surface area contributed by atoms with Gasteiger partial charge in [0.05, 0.1) is 6.10 Å². The Hall–Kier alpha value is -0.610. The molecule has 2 rings (SSSR count). The fraction of sp³-hybridized carbons (Fsp3) is 0.500. The highest BCUT2D eigenvalue weighted by molar-refractivity contribution is 9.10. The summed E-state index contributed by atoms with van der Waals surface area (Å²) in [4.78, 5) is 6.59. The van der Waals surface area contributed by atoms with E-state index in [9.17, 15) is 5.11 Å². The monoisotopic (exact) mass is 256 g/mol. The molecule has 1 aliphatic rings. The third-order valence-electron chi connectivity index (χ3n) is 2.49. The van der Waals surface area contributed by atoms with E-state index in [0.29, 0.717) is 0 Å². The van der Waals surface area contributed by atoms with Crippen LogP contribution in [0.5, 0.6) is 0 Å². The Morgan fingerprint density at radius 1 is 1.36 bits per heavy atom. The van der Waals surface area contributed by atoms with Crippen molar-refractivity contribution < 1.29 is 5.11 Å². The van der Waals surface area contributed by atoms with Crippen LogP contribution in [0.25, 0.3) is 0 Å². The number of halogens is 1. The van der Waals surface area contributed by atoms with Crippen LogP contribution in [-0.2, 0) is 0 Å². The van der Waals surface area contributed by atoms with Gasteiger partial charge in [-0.05, 0) is 40.9 Å². The molecule has 1 saturated heterocycles. The van der Waals surface area contributed by atoms with Gasteiger partial charge in [0, 0.05) is 13.1 Å². The van der Waals surface area contributed by atoms with E-state index < -0.39 is 0 Å². The van der Waals surface area contributed by atoms with Crippen molar-refractivity contribution in [3.05, 3.63) is 22.8 Å². The SMILES string of the molecule is OC1CCN(c2cccc(Br)n2)CC1. The van der Waals surface area contributed by atoms with Gasteiger partial charge >= 0.3 is 0 Å². The molecule has 1 N–H and O–H groups in total. The molecule has 4 heteroatoms. The van der Waals surface area contributed by atoms with Crippen LogP contribution in [0.4, 0.5) is 5.82 Å². The molecule has 0 bridgehead atoms. The van der Waals surface area contributed by atoms with Gasteiger partial charge in [0.2, 0.25) is 0 Å². The van der Waals surface area contributed by atoms with Gasteiger partial charge in [-0.25, -0.2) is 4.98 Å². The highest BCUT2D eigenvalue weighted by Crippen LogP contribution is 2.19. The molecule has 0 unspecified atom stereocenters. The minimum absolute atomic E-state index is 0.126. The third-order valence-corrected chi connectivity index (χ3v) is 2.93. The Morgan fingerprint density at radius 3 is 2.71 bits per heavy atom. The number of aromatic nitrogens is 1. The van der Waals surface area contributed by atoms with E-state index in [1.165, 1.54) is 0 Å². The fourth-order valence-corrected chi connectivity index (χ4v) is 2.00. The maximum Gasteiger partial charge on any atom is 0.129 e. The number of piperidine rings is 1. The number of aliphatic hydroxyl groups excluding tert-OH is 1. The van der Waals surface area contributed by atoms with Gasteiger partial charge in [-0.1, -0.05) is 6.07 Å². The maximum absolute atomic E-state index is 9.37. The zero-order valence-electron chi connectivity index (χ0n) is 7.86. The molecular weight excluding hydrogens is 244 g/mol. The molecule has 76 valence electrons. The molecule has 3 nitrogen and oxygen atoms in total. The van der Waals surface area contributed by atoms with Crippen molar-refractivity contribution in [2.75, 3.05) is 18.0 Å². The summed E-state index contributed by atoms with van der Waals surface area (Å²) in [6.45, 7) is 1.79. The Labute approximate surface area is 91.9 Å². The van der Waals surface area contributed by atoms with Crippen molar-refractivity contribution in [1.82, 2.24) is 4.98 Å². The normalized spacial score (nSPS) is 18.6. The average Bonchev–Trinajstić information content (AvgIpc) is 2.19. The largest absolute Gasteiger partial charge is 0.393 e. The van der Waals surface area contributed by atoms with Crippen molar-refractivity contribution in [3.8, 4) is 0 Å². The Kier molecular flexibility index (Phi) is 3.03. The maximum atomic E-state index is 9.37. The van der Waals surface area contributed by atoms with Crippen LogP contribution in [-0.4, -0.2) is 29.3 Å². The smallest absolute Gasteiger partial charge is 0.129 e. The number of aliphatic hydroxyl groups is 1. The van der Waals surface area contributed by atoms with Crippen molar-refractivity contribution in [2.24, 2.45) is 0 Å². The number of hydrogen-bond donors (Lipinski definition) is 1. The summed E-state index contributed by atoms with van der Waals surface area (Å²) in [6.07, 6.45) is 1.56. The number of nitrogens with zero attached hydrogens (tertiary/aromatic N) is 2. The molecule has 0 radical (unpaired) electrons. The first-order chi connectivity index (χ1) is 6.75. The summed E-state index contributed by atoms with van der Waals surface area (Å²) in [6, 6.07) is 5.90. The first-order valence-corrected chi connectivity index (χ1v) is 5.60. The number of hydrogen-bond acceptors (Lipinski definition) is 3. The van der Waals surface area contributed by atoms with Crippen LogP contribution in [0.2, 0.25) is 0 Å². The molecule has 0 aliphatic carbocycles. The number of rotatable bonds is 1. The van der Waals surface area contributed by atoms with E-state index >= 15 is 0 Å². The summed E-state index contributed by atoms with van der Waals surface area (Å²) in [7, 11) is 0. The zero-order valence-corrected chi connectivity index (χ0v) is 9.44. The fourth-order valence-electron chi connectivity index (χ4n) is 1.67. The van der Waals surface area contributed by atoms with E-state index in [0.717, 1.165) is 36.4 Å². The van der Waals surface area contributed by atoms with E-state index in [1.54, 1.807) is 0 Å². The van der Waals surface area contributed by atoms with E-state index in [4.69, 9.17) is 0 Å². The summed E-state index contributed by atoms with van der Waals surface area (Å²) in [5, 5.41) is 9.37. The lowest BCUT2D eigenvalue weighted by molar-refractivity contribution is 0.145. The van der Waals surface area contributed by atoms with Crippen LogP contribution < -0.4 is 4.90 Å².